The summed E-state index contributed by atoms with van der Waals surface area (Å²) in [5.41, 5.74) is 0. The normalized spacial score (nSPS) is 14.4. The summed E-state index contributed by atoms with van der Waals surface area (Å²) in [6.45, 7) is 0. The van der Waals surface area contributed by atoms with Gasteiger partial charge in [0, 0.05) is 33.6 Å². The zero-order valence-corrected chi connectivity index (χ0v) is 19.0. The molecule has 0 spiro atoms. The maximum atomic E-state index is 13.9. The van der Waals surface area contributed by atoms with Gasteiger partial charge < -0.3 is 13.7 Å². The minimum Gasteiger partial charge on any atom is -0.330 e. The summed E-state index contributed by atoms with van der Waals surface area (Å²) >= 11 is 0. The lowest BCUT2D eigenvalue weighted by molar-refractivity contribution is -0.354. The molecule has 0 saturated heterocycles. The van der Waals surface area contributed by atoms with E-state index in [0.717, 1.165) is 0 Å². The Hall–Kier alpha value is -2.49. The van der Waals surface area contributed by atoms with Gasteiger partial charge in [0.1, 0.15) is 0 Å². The van der Waals surface area contributed by atoms with E-state index >= 15 is 0 Å². The summed E-state index contributed by atoms with van der Waals surface area (Å²) in [4.78, 5) is 35.2. The number of hydrogen-bond donors (Lipinski definition) is 0. The van der Waals surface area contributed by atoms with Crippen LogP contribution in [0.1, 0.15) is 6.42 Å². The lowest BCUT2D eigenvalue weighted by atomic mass is 10.1. The van der Waals surface area contributed by atoms with Crippen molar-refractivity contribution < 1.29 is 84.6 Å². The van der Waals surface area contributed by atoms with Gasteiger partial charge >= 0.3 is 62.8 Å². The van der Waals surface area contributed by atoms with Crippen LogP contribution in [0.4, 0.5) is 70.2 Å². The Morgan fingerprint density at radius 3 is 0.973 bits per heavy atom. The smallest absolute Gasteiger partial charge is 0.330 e. The average Bonchev–Trinajstić information content (AvgIpc) is 2.68. The van der Waals surface area contributed by atoms with E-state index in [1.165, 1.54) is 0 Å². The Morgan fingerprint density at radius 1 is 0.541 bits per heavy atom. The molecule has 0 atom stereocenters. The van der Waals surface area contributed by atoms with Crippen molar-refractivity contribution in [2.45, 2.75) is 49.0 Å². The van der Waals surface area contributed by atoms with Gasteiger partial charge in [-0.1, -0.05) is 0 Å². The minimum absolute atomic E-state index is 0.303. The summed E-state index contributed by atoms with van der Waals surface area (Å²) in [5.74, 6) is -23.8. The fourth-order valence-electron chi connectivity index (χ4n) is 2.93. The highest BCUT2D eigenvalue weighted by Crippen LogP contribution is 2.49. The molecule has 0 aromatic carbocycles. The predicted octanol–water partition coefficient (Wildman–Crippen LogP) is 4.21. The van der Waals surface area contributed by atoms with Crippen LogP contribution in [0.2, 0.25) is 6.04 Å². The zero-order valence-electron chi connectivity index (χ0n) is 18.0. The maximum absolute atomic E-state index is 13.9. The topological polar surface area (TPSA) is 60.9 Å². The summed E-state index contributed by atoms with van der Waals surface area (Å²) in [6, 6.07) is -2.67. The van der Waals surface area contributed by atoms with Crippen LogP contribution < -0.4 is 0 Å². The van der Waals surface area contributed by atoms with Crippen molar-refractivity contribution in [1.29, 1.82) is 0 Å². The monoisotopic (exact) mass is 603 g/mol. The van der Waals surface area contributed by atoms with Gasteiger partial charge in [0.2, 0.25) is 0 Å². The molecular formula is C14H13F16N3O3Si. The average molecular weight is 603 g/mol. The van der Waals surface area contributed by atoms with Gasteiger partial charge in [-0.25, -0.2) is 0 Å². The quantitative estimate of drug-likeness (QED) is 0.324. The standard InChI is InChI=1S/C14H13F16N3O3Si/c1-31(6(34)10(17,18)19)37(32(2)7(35)11(20,21)22,33(3)8(36)12(23,24)25)5-4-9(15,16)13(26,27)14(28,29)30/h4-5H2,1-3H3. The van der Waals surface area contributed by atoms with Crippen molar-refractivity contribution >= 4 is 26.3 Å². The number of rotatable bonds is 7. The van der Waals surface area contributed by atoms with E-state index < -0.39 is 89.0 Å². The van der Waals surface area contributed by atoms with Crippen LogP contribution in [-0.4, -0.2) is 97.7 Å². The van der Waals surface area contributed by atoms with Gasteiger partial charge in [-0.2, -0.15) is 70.2 Å². The Morgan fingerprint density at radius 2 is 0.784 bits per heavy atom. The lowest BCUT2D eigenvalue weighted by Gasteiger charge is -2.50. The molecular weight excluding hydrogens is 590 g/mol. The van der Waals surface area contributed by atoms with Crippen molar-refractivity contribution in [3.8, 4) is 0 Å². The predicted molar refractivity (Wildman–Crippen MR) is 87.6 cm³/mol. The Kier molecular flexibility index (Phi) is 9.33. The molecule has 0 unspecified atom stereocenters. The molecule has 0 aromatic rings. The summed E-state index contributed by atoms with van der Waals surface area (Å²) in [6.07, 6.45) is -29.0. The molecule has 0 fully saturated rings. The summed E-state index contributed by atoms with van der Waals surface area (Å²) in [5, 5.41) is 0. The number of alkyl halides is 16. The molecule has 0 aliphatic rings. The van der Waals surface area contributed by atoms with Crippen LogP contribution >= 0.6 is 0 Å². The van der Waals surface area contributed by atoms with Crippen LogP contribution in [-0.2, 0) is 14.4 Å². The number of carbonyl (C=O) groups is 3. The molecule has 0 aliphatic carbocycles. The number of hydrogen-bond acceptors (Lipinski definition) is 3. The van der Waals surface area contributed by atoms with Gasteiger partial charge in [0.15, 0.2) is 0 Å². The molecule has 0 bridgehead atoms. The third-order valence-electron chi connectivity index (χ3n) is 4.84. The van der Waals surface area contributed by atoms with Crippen LogP contribution in [0.25, 0.3) is 0 Å². The first-order valence-electron chi connectivity index (χ1n) is 8.78. The van der Waals surface area contributed by atoms with E-state index in [4.69, 9.17) is 0 Å². The maximum Gasteiger partial charge on any atom is 0.470 e. The highest BCUT2D eigenvalue weighted by molar-refractivity contribution is 6.78. The Balaban J connectivity index is 7.40. The molecule has 23 heteroatoms. The van der Waals surface area contributed by atoms with Gasteiger partial charge in [-0.3, -0.25) is 14.4 Å². The van der Waals surface area contributed by atoms with Crippen molar-refractivity contribution in [2.24, 2.45) is 0 Å². The van der Waals surface area contributed by atoms with Crippen LogP contribution in [0.15, 0.2) is 0 Å². The van der Waals surface area contributed by atoms with Crippen molar-refractivity contribution in [3.63, 3.8) is 0 Å². The van der Waals surface area contributed by atoms with Gasteiger partial charge in [-0.05, 0) is 0 Å². The van der Waals surface area contributed by atoms with E-state index in [9.17, 15) is 84.6 Å². The lowest BCUT2D eigenvalue weighted by Crippen LogP contribution is -2.78. The van der Waals surface area contributed by atoms with Crippen molar-refractivity contribution in [1.82, 2.24) is 13.7 Å². The largest absolute Gasteiger partial charge is 0.470 e. The number of halogens is 16. The first kappa shape index (κ1) is 34.5. The molecule has 3 amide bonds. The van der Waals surface area contributed by atoms with Crippen LogP contribution in [0.5, 0.6) is 0 Å². The van der Waals surface area contributed by atoms with E-state index in [1.807, 2.05) is 0 Å². The van der Waals surface area contributed by atoms with Gasteiger partial charge in [0.25, 0.3) is 0 Å². The molecule has 0 radical (unpaired) electrons. The van der Waals surface area contributed by atoms with E-state index in [2.05, 4.69) is 0 Å². The molecule has 37 heavy (non-hydrogen) atoms. The minimum atomic E-state index is -7.09. The molecule has 0 heterocycles. The third-order valence-corrected chi connectivity index (χ3v) is 9.60. The molecule has 0 aliphatic heterocycles. The highest BCUT2D eigenvalue weighted by Gasteiger charge is 2.74. The third kappa shape index (κ3) is 6.69. The fourth-order valence-corrected chi connectivity index (χ4v) is 7.29. The second kappa shape index (κ2) is 10.00. The summed E-state index contributed by atoms with van der Waals surface area (Å²) in [7, 11) is -7.67. The van der Waals surface area contributed by atoms with Crippen LogP contribution in [0.3, 0.4) is 0 Å². The fraction of sp³-hybridized carbons (Fsp3) is 0.786. The highest BCUT2D eigenvalue weighted by atomic mass is 28.4. The van der Waals surface area contributed by atoms with Gasteiger partial charge in [-0.15, -0.1) is 0 Å². The number of nitrogens with zero attached hydrogens (tertiary/aromatic N) is 3. The SMILES string of the molecule is CN(C(=O)C(F)(F)F)[Si](CCC(F)(F)C(F)(F)C(F)(F)F)(N(C)C(=O)C(F)(F)F)N(C)C(=O)C(F)(F)F. The molecule has 218 valence electrons. The number of carbonyl (C=O) groups excluding carboxylic acids is 3. The first-order valence-corrected chi connectivity index (χ1v) is 10.8. The second-order valence-corrected chi connectivity index (χ2v) is 11.2. The molecule has 6 nitrogen and oxygen atoms in total. The van der Waals surface area contributed by atoms with E-state index in [1.54, 1.807) is 0 Å². The van der Waals surface area contributed by atoms with Crippen LogP contribution in [0, 0.1) is 0 Å². The Bertz CT molecular complexity index is 800. The summed E-state index contributed by atoms with van der Waals surface area (Å²) < 4.78 is 205. The van der Waals surface area contributed by atoms with E-state index in [0.29, 0.717) is 0 Å². The van der Waals surface area contributed by atoms with Gasteiger partial charge in [0.05, 0.1) is 0 Å². The van der Waals surface area contributed by atoms with Crippen molar-refractivity contribution in [2.75, 3.05) is 21.1 Å². The Labute approximate surface area is 196 Å². The van der Waals surface area contributed by atoms with Crippen molar-refractivity contribution in [3.05, 3.63) is 0 Å². The first-order chi connectivity index (χ1) is 15.9. The molecule has 0 aromatic heterocycles. The van der Waals surface area contributed by atoms with E-state index in [-0.39, 0.29) is 21.1 Å². The zero-order chi connectivity index (χ0) is 30.4. The molecule has 0 saturated carbocycles. The molecule has 0 rings (SSSR count). The molecule has 0 N–H and O–H groups in total. The number of amides is 3. The second-order valence-electron chi connectivity index (χ2n) is 7.14.